The molecule has 0 unspecified atom stereocenters. The summed E-state index contributed by atoms with van der Waals surface area (Å²) in [6, 6.07) is 92.9. The second-order valence-electron chi connectivity index (χ2n) is 17.5. The molecular formula is C63H42N4Si. The summed E-state index contributed by atoms with van der Waals surface area (Å²) < 4.78 is 2.22. The van der Waals surface area contributed by atoms with Gasteiger partial charge in [0, 0.05) is 21.9 Å². The maximum atomic E-state index is 5.24. The van der Waals surface area contributed by atoms with Crippen molar-refractivity contribution in [2.24, 2.45) is 0 Å². The van der Waals surface area contributed by atoms with E-state index in [9.17, 15) is 0 Å². The first-order chi connectivity index (χ1) is 33.7. The van der Waals surface area contributed by atoms with E-state index in [0.29, 0.717) is 17.6 Å². The monoisotopic (exact) mass is 882 g/mol. The van der Waals surface area contributed by atoms with Crippen LogP contribution in [0.15, 0.2) is 255 Å². The summed E-state index contributed by atoms with van der Waals surface area (Å²) in [7, 11) is -3.10. The number of para-hydroxylation sites is 1. The van der Waals surface area contributed by atoms with Gasteiger partial charge in [-0.25, -0.2) is 4.98 Å². The SMILES string of the molecule is c1ccc(-c2nc(-c3ccccc3)nc(-n3c4ccccc4c4cc([Si](c5ccccc5)(c5ccccc5)c5ccc6c(c5)-c5ccccc5-c5ccccc5-c5ccccc5-6)ccc43)n2)cc1. The zero-order valence-electron chi connectivity index (χ0n) is 37.0. The van der Waals surface area contributed by atoms with Gasteiger partial charge in [-0.05, 0) is 77.4 Å². The smallest absolute Gasteiger partial charge is 0.238 e. The molecule has 0 saturated heterocycles. The van der Waals surface area contributed by atoms with E-state index >= 15 is 0 Å². The molecule has 0 spiro atoms. The Morgan fingerprint density at radius 3 is 1.16 bits per heavy atom. The van der Waals surface area contributed by atoms with Gasteiger partial charge in [-0.3, -0.25) is 4.57 Å². The Hall–Kier alpha value is -8.77. The van der Waals surface area contributed by atoms with E-state index in [1.54, 1.807) is 0 Å². The van der Waals surface area contributed by atoms with Crippen molar-refractivity contribution in [3.8, 4) is 73.2 Å². The standard InChI is InChI=1S/C63H42N4Si/c1-5-21-43(22-6-1)61-64-62(44-23-7-2-8-24-44)66-63(65-61)67-59-36-20-19-35-56(59)58-42-48(38-40-60(58)67)68(45-25-9-3-10-26-45,46-27-11-4-12-28-46)47-37-39-55-53-33-16-15-31-51(53)49-29-13-14-30-50(49)52-32-17-18-34-54(52)57(55)41-47/h1-42H. The Balaban J connectivity index is 1.10. The van der Waals surface area contributed by atoms with Gasteiger partial charge in [-0.15, -0.1) is 0 Å². The van der Waals surface area contributed by atoms with E-state index in [1.807, 2.05) is 36.4 Å². The molecule has 4 nitrogen and oxygen atoms in total. The minimum Gasteiger partial charge on any atom is -0.278 e. The summed E-state index contributed by atoms with van der Waals surface area (Å²) in [4.78, 5) is 15.5. The third-order valence-corrected chi connectivity index (χ3v) is 18.6. The van der Waals surface area contributed by atoms with Crippen LogP contribution in [0.2, 0.25) is 0 Å². The molecule has 10 aromatic carbocycles. The first kappa shape index (κ1) is 39.6. The fourth-order valence-corrected chi connectivity index (χ4v) is 15.6. The Morgan fingerprint density at radius 1 is 0.265 bits per heavy atom. The Morgan fingerprint density at radius 2 is 0.647 bits per heavy atom. The molecule has 2 heterocycles. The van der Waals surface area contributed by atoms with Crippen molar-refractivity contribution < 1.29 is 0 Å². The largest absolute Gasteiger partial charge is 0.278 e. The molecule has 0 aliphatic heterocycles. The number of benzene rings is 10. The highest BCUT2D eigenvalue weighted by Gasteiger charge is 2.42. The maximum Gasteiger partial charge on any atom is 0.238 e. The number of aromatic nitrogens is 4. The highest BCUT2D eigenvalue weighted by Crippen LogP contribution is 2.47. The van der Waals surface area contributed by atoms with Crippen molar-refractivity contribution in [3.05, 3.63) is 255 Å². The van der Waals surface area contributed by atoms with Crippen molar-refractivity contribution >= 4 is 50.6 Å². The third kappa shape index (κ3) is 6.32. The molecule has 68 heavy (non-hydrogen) atoms. The van der Waals surface area contributed by atoms with Gasteiger partial charge in [-0.1, -0.05) is 243 Å². The number of nitrogens with zero attached hydrogens (tertiary/aromatic N) is 4. The second-order valence-corrected chi connectivity index (χ2v) is 21.3. The molecule has 0 atom stereocenters. The Kier molecular flexibility index (Phi) is 9.48. The molecule has 0 N–H and O–H groups in total. The predicted molar refractivity (Wildman–Crippen MR) is 284 cm³/mol. The normalized spacial score (nSPS) is 11.8. The molecule has 0 bridgehead atoms. The van der Waals surface area contributed by atoms with Crippen LogP contribution in [0.5, 0.6) is 0 Å². The van der Waals surface area contributed by atoms with Crippen LogP contribution in [0.1, 0.15) is 0 Å². The lowest BCUT2D eigenvalue weighted by Gasteiger charge is -2.35. The number of hydrogen-bond donors (Lipinski definition) is 0. The van der Waals surface area contributed by atoms with Crippen molar-refractivity contribution in [1.82, 2.24) is 19.5 Å². The van der Waals surface area contributed by atoms with Crippen LogP contribution in [0.25, 0.3) is 95.0 Å². The predicted octanol–water partition coefficient (Wildman–Crippen LogP) is 12.7. The first-order valence-corrected chi connectivity index (χ1v) is 25.2. The van der Waals surface area contributed by atoms with Crippen LogP contribution >= 0.6 is 0 Å². The fourth-order valence-electron chi connectivity index (χ4n) is 10.8. The van der Waals surface area contributed by atoms with E-state index in [-0.39, 0.29) is 0 Å². The molecule has 1 aliphatic rings. The zero-order valence-corrected chi connectivity index (χ0v) is 38.0. The zero-order chi connectivity index (χ0) is 45.0. The molecule has 318 valence electrons. The lowest BCUT2D eigenvalue weighted by Crippen LogP contribution is -2.74. The topological polar surface area (TPSA) is 43.6 Å². The molecule has 0 amide bonds. The lowest BCUT2D eigenvalue weighted by molar-refractivity contribution is 0.953. The van der Waals surface area contributed by atoms with Gasteiger partial charge in [0.05, 0.1) is 11.0 Å². The lowest BCUT2D eigenvalue weighted by atomic mass is 9.81. The van der Waals surface area contributed by atoms with Crippen LogP contribution in [-0.2, 0) is 0 Å². The molecule has 0 radical (unpaired) electrons. The van der Waals surface area contributed by atoms with Gasteiger partial charge in [0.1, 0.15) is 0 Å². The minimum absolute atomic E-state index is 0.577. The minimum atomic E-state index is -3.10. The molecule has 0 saturated carbocycles. The van der Waals surface area contributed by atoms with Gasteiger partial charge < -0.3 is 0 Å². The molecule has 5 heteroatoms. The summed E-state index contributed by atoms with van der Waals surface area (Å²) in [6.45, 7) is 0. The molecule has 0 fully saturated rings. The summed E-state index contributed by atoms with van der Waals surface area (Å²) in [5.41, 5.74) is 13.8. The second kappa shape index (κ2) is 16.3. The van der Waals surface area contributed by atoms with Crippen molar-refractivity contribution in [2.45, 2.75) is 0 Å². The van der Waals surface area contributed by atoms with Crippen molar-refractivity contribution in [1.29, 1.82) is 0 Å². The maximum absolute atomic E-state index is 5.24. The molecular weight excluding hydrogens is 841 g/mol. The highest BCUT2D eigenvalue weighted by molar-refractivity contribution is 7.20. The highest BCUT2D eigenvalue weighted by atomic mass is 28.3. The van der Waals surface area contributed by atoms with E-state index in [0.717, 1.165) is 32.9 Å². The van der Waals surface area contributed by atoms with Crippen LogP contribution in [0, 0.1) is 0 Å². The van der Waals surface area contributed by atoms with Crippen molar-refractivity contribution in [3.63, 3.8) is 0 Å². The summed E-state index contributed by atoms with van der Waals surface area (Å²) in [5.74, 6) is 1.83. The summed E-state index contributed by atoms with van der Waals surface area (Å²) in [5, 5.41) is 7.52. The number of hydrogen-bond acceptors (Lipinski definition) is 3. The first-order valence-electron chi connectivity index (χ1n) is 23.2. The van der Waals surface area contributed by atoms with E-state index in [1.165, 1.54) is 65.3 Å². The Labute approximate surface area is 396 Å². The summed E-state index contributed by atoms with van der Waals surface area (Å²) in [6.07, 6.45) is 0. The van der Waals surface area contributed by atoms with E-state index < -0.39 is 8.07 Å². The molecule has 12 aromatic rings. The fraction of sp³-hybridized carbons (Fsp3) is 0. The van der Waals surface area contributed by atoms with Gasteiger partial charge in [-0.2, -0.15) is 9.97 Å². The van der Waals surface area contributed by atoms with Crippen LogP contribution in [-0.4, -0.2) is 27.6 Å². The molecule has 2 aromatic heterocycles. The van der Waals surface area contributed by atoms with E-state index in [4.69, 9.17) is 15.0 Å². The number of rotatable bonds is 7. The van der Waals surface area contributed by atoms with Gasteiger partial charge in [0.15, 0.2) is 19.7 Å². The van der Waals surface area contributed by atoms with Crippen LogP contribution in [0.3, 0.4) is 0 Å². The van der Waals surface area contributed by atoms with E-state index in [2.05, 4.69) is 223 Å². The van der Waals surface area contributed by atoms with Crippen molar-refractivity contribution in [2.75, 3.05) is 0 Å². The van der Waals surface area contributed by atoms with Crippen LogP contribution in [0.4, 0.5) is 0 Å². The third-order valence-electron chi connectivity index (χ3n) is 13.8. The average molecular weight is 883 g/mol. The Bertz CT molecular complexity index is 3740. The van der Waals surface area contributed by atoms with Gasteiger partial charge in [0.2, 0.25) is 5.95 Å². The summed E-state index contributed by atoms with van der Waals surface area (Å²) >= 11 is 0. The van der Waals surface area contributed by atoms with Gasteiger partial charge >= 0.3 is 0 Å². The van der Waals surface area contributed by atoms with Gasteiger partial charge in [0.25, 0.3) is 0 Å². The quantitative estimate of drug-likeness (QED) is 0.118. The average Bonchev–Trinajstić information content (AvgIpc) is 3.75. The molecule has 1 aliphatic carbocycles. The molecule has 13 rings (SSSR count). The number of fused-ring (bicyclic) bond motifs is 11. The van der Waals surface area contributed by atoms with Crippen LogP contribution < -0.4 is 20.7 Å².